The van der Waals surface area contributed by atoms with Gasteiger partial charge < -0.3 is 15.7 Å². The molecule has 0 aliphatic rings. The maximum absolute atomic E-state index is 12.1. The second kappa shape index (κ2) is 11.0. The second-order valence-corrected chi connectivity index (χ2v) is 7.85. The monoisotopic (exact) mass is 370 g/mol. The molecule has 1 unspecified atom stereocenters. The van der Waals surface area contributed by atoms with Gasteiger partial charge in [0.1, 0.15) is 6.04 Å². The van der Waals surface area contributed by atoms with Crippen LogP contribution in [-0.2, 0) is 9.59 Å². The molecule has 0 aromatic heterocycles. The number of carboxylic acid groups (broad SMARTS) is 1. The van der Waals surface area contributed by atoms with Gasteiger partial charge in [-0.3, -0.25) is 14.4 Å². The van der Waals surface area contributed by atoms with Crippen LogP contribution < -0.4 is 10.6 Å². The molecule has 1 aromatic carbocycles. The van der Waals surface area contributed by atoms with Crippen LogP contribution in [0.4, 0.5) is 0 Å². The Hall–Kier alpha value is -1.67. The van der Waals surface area contributed by atoms with E-state index in [4.69, 9.17) is 5.11 Å². The third-order valence-electron chi connectivity index (χ3n) is 2.99. The van der Waals surface area contributed by atoms with E-state index in [1.807, 2.05) is 13.0 Å². The van der Waals surface area contributed by atoms with E-state index in [-0.39, 0.29) is 18.2 Å². The Morgan fingerprint density at radius 1 is 1.21 bits per heavy atom. The molecule has 1 rings (SSSR count). The molecule has 0 aliphatic heterocycles. The molecule has 2 amide bonds. The van der Waals surface area contributed by atoms with E-state index in [0.717, 1.165) is 5.56 Å². The van der Waals surface area contributed by atoms with Crippen molar-refractivity contribution in [3.63, 3.8) is 0 Å². The smallest absolute Gasteiger partial charge is 0.304 e. The summed E-state index contributed by atoms with van der Waals surface area (Å²) < 4.78 is 0. The normalized spacial score (nSPS) is 11.6. The lowest BCUT2D eigenvalue weighted by molar-refractivity contribution is -0.136. The van der Waals surface area contributed by atoms with Crippen LogP contribution in [0.2, 0.25) is 0 Å². The summed E-state index contributed by atoms with van der Waals surface area (Å²) in [7, 11) is 2.98. The van der Waals surface area contributed by atoms with Crippen LogP contribution in [-0.4, -0.2) is 47.0 Å². The summed E-state index contributed by atoms with van der Waals surface area (Å²) in [6, 6.07) is 6.55. The summed E-state index contributed by atoms with van der Waals surface area (Å²) in [6.07, 6.45) is 0.131. The van der Waals surface area contributed by atoms with Gasteiger partial charge in [0, 0.05) is 23.6 Å². The average Bonchev–Trinajstić information content (AvgIpc) is 2.53. The van der Waals surface area contributed by atoms with Gasteiger partial charge in [0.2, 0.25) is 5.91 Å². The molecule has 1 atom stereocenters. The maximum atomic E-state index is 12.1. The molecule has 0 radical (unpaired) electrons. The highest BCUT2D eigenvalue weighted by Crippen LogP contribution is 2.20. The number of carbonyl (C=O) groups excluding carboxylic acids is 2. The standard InChI is InChI=1S/C16H22N2O4S2/c1-11-4-3-5-13(10-11)16(22)18-12(2)15(21)17-7-9-24-23-8-6-14(19)20/h3-5,10,12H,6-9H2,1-2H3,(H,17,21)(H,18,22)(H,19,20). The molecule has 0 aliphatic carbocycles. The SMILES string of the molecule is Cc1cccc(C(=O)NC(C)C(=O)NCCSSCCC(=O)O)c1. The summed E-state index contributed by atoms with van der Waals surface area (Å²) in [5, 5.41) is 13.9. The van der Waals surface area contributed by atoms with Crippen LogP contribution in [0, 0.1) is 6.92 Å². The van der Waals surface area contributed by atoms with Crippen LogP contribution in [0.25, 0.3) is 0 Å². The fourth-order valence-corrected chi connectivity index (χ4v) is 3.63. The second-order valence-electron chi connectivity index (χ2n) is 5.14. The number of hydrogen-bond donors (Lipinski definition) is 3. The van der Waals surface area contributed by atoms with E-state index < -0.39 is 12.0 Å². The number of benzene rings is 1. The zero-order valence-corrected chi connectivity index (χ0v) is 15.3. The lowest BCUT2D eigenvalue weighted by Crippen LogP contribution is -2.45. The molecule has 1 aromatic rings. The van der Waals surface area contributed by atoms with E-state index in [1.165, 1.54) is 21.6 Å². The van der Waals surface area contributed by atoms with Crippen molar-refractivity contribution in [1.82, 2.24) is 10.6 Å². The van der Waals surface area contributed by atoms with E-state index in [0.29, 0.717) is 23.6 Å². The molecule has 0 heterocycles. The number of carbonyl (C=O) groups is 3. The Balaban J connectivity index is 2.22. The summed E-state index contributed by atoms with van der Waals surface area (Å²) in [5.41, 5.74) is 1.51. The van der Waals surface area contributed by atoms with Gasteiger partial charge in [-0.25, -0.2) is 0 Å². The van der Waals surface area contributed by atoms with Gasteiger partial charge in [0.25, 0.3) is 5.91 Å². The predicted octanol–water partition coefficient (Wildman–Crippen LogP) is 2.09. The first-order chi connectivity index (χ1) is 11.4. The lowest BCUT2D eigenvalue weighted by Gasteiger charge is -2.14. The highest BCUT2D eigenvalue weighted by Gasteiger charge is 2.16. The molecule has 0 bridgehead atoms. The zero-order valence-electron chi connectivity index (χ0n) is 13.7. The summed E-state index contributed by atoms with van der Waals surface area (Å²) in [6.45, 7) is 4.01. The topological polar surface area (TPSA) is 95.5 Å². The molecule has 0 saturated heterocycles. The molecule has 8 heteroatoms. The van der Waals surface area contributed by atoms with Crippen molar-refractivity contribution < 1.29 is 19.5 Å². The van der Waals surface area contributed by atoms with Crippen LogP contribution >= 0.6 is 21.6 Å². The van der Waals surface area contributed by atoms with E-state index in [1.54, 1.807) is 25.1 Å². The van der Waals surface area contributed by atoms with Crippen LogP contribution in [0.1, 0.15) is 29.3 Å². The molecule has 0 spiro atoms. The van der Waals surface area contributed by atoms with Crippen molar-refractivity contribution in [2.24, 2.45) is 0 Å². The highest BCUT2D eigenvalue weighted by atomic mass is 33.1. The van der Waals surface area contributed by atoms with Crippen LogP contribution in [0.15, 0.2) is 24.3 Å². The Morgan fingerprint density at radius 3 is 2.58 bits per heavy atom. The Bertz CT molecular complexity index is 581. The first-order valence-corrected chi connectivity index (χ1v) is 10.0. The highest BCUT2D eigenvalue weighted by molar-refractivity contribution is 8.76. The third-order valence-corrected chi connectivity index (χ3v) is 5.40. The minimum atomic E-state index is -0.811. The molecule has 132 valence electrons. The third kappa shape index (κ3) is 8.26. The van der Waals surface area contributed by atoms with E-state index >= 15 is 0 Å². The number of rotatable bonds is 10. The van der Waals surface area contributed by atoms with Gasteiger partial charge in [-0.2, -0.15) is 0 Å². The number of carboxylic acids is 1. The number of nitrogens with one attached hydrogen (secondary N) is 2. The van der Waals surface area contributed by atoms with Crippen molar-refractivity contribution in [1.29, 1.82) is 0 Å². The number of amides is 2. The summed E-state index contributed by atoms with van der Waals surface area (Å²) in [4.78, 5) is 34.4. The molecule has 3 N–H and O–H groups in total. The summed E-state index contributed by atoms with van der Waals surface area (Å²) in [5.74, 6) is -0.118. The van der Waals surface area contributed by atoms with Gasteiger partial charge in [0.15, 0.2) is 0 Å². The molecule has 0 fully saturated rings. The number of aliphatic carboxylic acids is 1. The molecular weight excluding hydrogens is 348 g/mol. The van der Waals surface area contributed by atoms with Gasteiger partial charge >= 0.3 is 5.97 Å². The first kappa shape index (κ1) is 20.4. The van der Waals surface area contributed by atoms with Crippen molar-refractivity contribution in [3.05, 3.63) is 35.4 Å². The van der Waals surface area contributed by atoms with E-state index in [2.05, 4.69) is 10.6 Å². The lowest BCUT2D eigenvalue weighted by atomic mass is 10.1. The molecule has 0 saturated carbocycles. The fraction of sp³-hybridized carbons (Fsp3) is 0.438. The first-order valence-electron chi connectivity index (χ1n) is 7.51. The number of aryl methyl sites for hydroxylation is 1. The Kier molecular flexibility index (Phi) is 9.33. The molecule has 24 heavy (non-hydrogen) atoms. The zero-order chi connectivity index (χ0) is 17.9. The van der Waals surface area contributed by atoms with Crippen LogP contribution in [0.5, 0.6) is 0 Å². The quantitative estimate of drug-likeness (QED) is 0.431. The van der Waals surface area contributed by atoms with Gasteiger partial charge in [-0.1, -0.05) is 39.3 Å². The average molecular weight is 370 g/mol. The minimum absolute atomic E-state index is 0.131. The number of hydrogen-bond acceptors (Lipinski definition) is 5. The van der Waals surface area contributed by atoms with Gasteiger partial charge in [0.05, 0.1) is 6.42 Å². The van der Waals surface area contributed by atoms with Crippen molar-refractivity contribution >= 4 is 39.4 Å². The van der Waals surface area contributed by atoms with Gasteiger partial charge in [-0.05, 0) is 26.0 Å². The Labute approximate surface area is 149 Å². The van der Waals surface area contributed by atoms with Crippen molar-refractivity contribution in [2.75, 3.05) is 18.1 Å². The maximum Gasteiger partial charge on any atom is 0.304 e. The minimum Gasteiger partial charge on any atom is -0.481 e. The molecular formula is C16H22N2O4S2. The molecule has 6 nitrogen and oxygen atoms in total. The fourth-order valence-electron chi connectivity index (χ4n) is 1.75. The summed E-state index contributed by atoms with van der Waals surface area (Å²) >= 11 is 0. The van der Waals surface area contributed by atoms with Crippen molar-refractivity contribution in [3.8, 4) is 0 Å². The van der Waals surface area contributed by atoms with E-state index in [9.17, 15) is 14.4 Å². The van der Waals surface area contributed by atoms with Crippen LogP contribution in [0.3, 0.4) is 0 Å². The Morgan fingerprint density at radius 2 is 1.92 bits per heavy atom. The van der Waals surface area contributed by atoms with Gasteiger partial charge in [-0.15, -0.1) is 0 Å². The van der Waals surface area contributed by atoms with Crippen molar-refractivity contribution in [2.45, 2.75) is 26.3 Å². The largest absolute Gasteiger partial charge is 0.481 e. The predicted molar refractivity (Wildman–Crippen MR) is 98.3 cm³/mol.